The third-order valence-corrected chi connectivity index (χ3v) is 5.61. The van der Waals surface area contributed by atoms with Gasteiger partial charge in [-0.25, -0.2) is 9.13 Å². The van der Waals surface area contributed by atoms with Gasteiger partial charge in [0.1, 0.15) is 0 Å². The van der Waals surface area contributed by atoms with Crippen molar-refractivity contribution in [2.45, 2.75) is 26.9 Å². The lowest BCUT2D eigenvalue weighted by Crippen LogP contribution is -3.00. The van der Waals surface area contributed by atoms with E-state index in [1.807, 2.05) is 21.6 Å². The van der Waals surface area contributed by atoms with Gasteiger partial charge in [-0.05, 0) is 0 Å². The van der Waals surface area contributed by atoms with E-state index in [-0.39, 0.29) is 34.0 Å². The summed E-state index contributed by atoms with van der Waals surface area (Å²) in [7, 11) is 3.93. The summed E-state index contributed by atoms with van der Waals surface area (Å²) in [5, 5.41) is 0. The van der Waals surface area contributed by atoms with E-state index in [9.17, 15) is 0 Å². The summed E-state index contributed by atoms with van der Waals surface area (Å²) in [4.78, 5) is 0. The fourth-order valence-corrected chi connectivity index (χ4v) is 3.95. The van der Waals surface area contributed by atoms with Crippen LogP contribution in [0.2, 0.25) is 0 Å². The Morgan fingerprint density at radius 2 is 1.14 bits per heavy atom. The van der Waals surface area contributed by atoms with Gasteiger partial charge in [-0.2, -0.15) is 0 Å². The number of aromatic nitrogens is 2. The quantitative estimate of drug-likeness (QED) is 0.244. The van der Waals surface area contributed by atoms with Crippen LogP contribution in [0, 0.1) is 13.8 Å². The second-order valence-electron chi connectivity index (χ2n) is 4.71. The van der Waals surface area contributed by atoms with E-state index in [1.165, 1.54) is 11.4 Å². The molecule has 0 aliphatic rings. The van der Waals surface area contributed by atoms with E-state index in [2.05, 4.69) is 71.8 Å². The van der Waals surface area contributed by atoms with Gasteiger partial charge in [0.25, 0.3) is 0 Å². The van der Waals surface area contributed by atoms with Crippen molar-refractivity contribution in [3.8, 4) is 0 Å². The maximum Gasteiger partial charge on any atom is 0.178 e. The third kappa shape index (κ3) is 7.49. The summed E-state index contributed by atoms with van der Waals surface area (Å²) >= 11 is 0. The molecule has 0 unspecified atom stereocenters. The zero-order chi connectivity index (χ0) is 14.2. The highest BCUT2D eigenvalue weighted by molar-refractivity contribution is 8.76. The van der Waals surface area contributed by atoms with Crippen molar-refractivity contribution in [1.82, 2.24) is 0 Å². The van der Waals surface area contributed by atoms with Crippen LogP contribution in [-0.4, -0.2) is 11.5 Å². The molecule has 2 aromatic heterocycles. The summed E-state index contributed by atoms with van der Waals surface area (Å²) in [5.41, 5.74) is 2.65. The molecule has 0 radical (unpaired) electrons. The summed E-state index contributed by atoms with van der Waals surface area (Å²) < 4.78 is 4.62. The van der Waals surface area contributed by atoms with Crippen molar-refractivity contribution in [1.29, 1.82) is 0 Å². The molecule has 2 aromatic rings. The Morgan fingerprint density at radius 1 is 0.727 bits per heavy atom. The molecule has 0 saturated heterocycles. The highest BCUT2D eigenvalue weighted by Crippen LogP contribution is 2.20. The van der Waals surface area contributed by atoms with Gasteiger partial charge in [-0.1, -0.05) is 33.7 Å². The molecule has 0 aromatic carbocycles. The van der Waals surface area contributed by atoms with E-state index >= 15 is 0 Å². The van der Waals surface area contributed by atoms with Gasteiger partial charge in [0.05, 0.1) is 11.5 Å². The zero-order valence-corrected chi connectivity index (χ0v) is 17.7. The molecular formula is C16H22Br2N2S2. The van der Waals surface area contributed by atoms with Crippen LogP contribution in [0.15, 0.2) is 48.8 Å². The van der Waals surface area contributed by atoms with Crippen molar-refractivity contribution < 1.29 is 43.1 Å². The predicted molar refractivity (Wildman–Crippen MR) is 87.7 cm³/mol. The molecule has 0 N–H and O–H groups in total. The Balaban J connectivity index is 0.00000220. The standard InChI is InChI=1S/C16H22N2S2.2BrH/c1-15-7-3-5-9-17(15)11-13-19-20-14-12-18-10-6-4-8-16(18)2;;/h3-10H,11-14H2,1-2H3;2*1H/q+2;;/p-2. The first-order chi connectivity index (χ1) is 9.77. The predicted octanol–water partition coefficient (Wildman–Crippen LogP) is -3.03. The van der Waals surface area contributed by atoms with E-state index in [0.717, 1.165) is 24.6 Å². The van der Waals surface area contributed by atoms with Gasteiger partial charge in [0.2, 0.25) is 0 Å². The van der Waals surface area contributed by atoms with Crippen LogP contribution in [-0.2, 0) is 13.1 Å². The molecule has 0 amide bonds. The minimum absolute atomic E-state index is 0. The summed E-state index contributed by atoms with van der Waals surface area (Å²) in [6, 6.07) is 12.7. The van der Waals surface area contributed by atoms with Gasteiger partial charge in [0, 0.05) is 38.1 Å². The molecule has 6 heteroatoms. The van der Waals surface area contributed by atoms with Gasteiger partial charge in [-0.3, -0.25) is 0 Å². The molecule has 0 atom stereocenters. The first-order valence-corrected chi connectivity index (χ1v) is 9.41. The van der Waals surface area contributed by atoms with Crippen molar-refractivity contribution in [2.24, 2.45) is 0 Å². The van der Waals surface area contributed by atoms with Crippen LogP contribution in [0.4, 0.5) is 0 Å². The Bertz CT molecular complexity index is 504. The highest BCUT2D eigenvalue weighted by Gasteiger charge is 2.06. The van der Waals surface area contributed by atoms with Crippen LogP contribution in [0.1, 0.15) is 11.4 Å². The van der Waals surface area contributed by atoms with E-state index < -0.39 is 0 Å². The number of halogens is 2. The van der Waals surface area contributed by atoms with Gasteiger partial charge in [-0.15, -0.1) is 0 Å². The Hall–Kier alpha value is -0.0400. The maximum absolute atomic E-state index is 2.31. The number of rotatable bonds is 7. The minimum Gasteiger partial charge on any atom is -1.00 e. The fourth-order valence-electron chi connectivity index (χ4n) is 2.01. The van der Waals surface area contributed by atoms with Gasteiger partial charge < -0.3 is 34.0 Å². The largest absolute Gasteiger partial charge is 1.00 e. The Morgan fingerprint density at radius 3 is 1.50 bits per heavy atom. The van der Waals surface area contributed by atoms with E-state index in [4.69, 9.17) is 0 Å². The SMILES string of the molecule is Cc1cccc[n+]1CCSSCC[n+]1ccccc1C.[Br-].[Br-]. The average Bonchev–Trinajstić information content (AvgIpc) is 2.46. The van der Waals surface area contributed by atoms with Crippen LogP contribution >= 0.6 is 21.6 Å². The molecule has 22 heavy (non-hydrogen) atoms. The van der Waals surface area contributed by atoms with E-state index in [1.54, 1.807) is 0 Å². The van der Waals surface area contributed by atoms with Crippen molar-refractivity contribution in [3.05, 3.63) is 60.2 Å². The molecule has 0 aliphatic heterocycles. The van der Waals surface area contributed by atoms with Crippen LogP contribution < -0.4 is 43.1 Å². The summed E-state index contributed by atoms with van der Waals surface area (Å²) in [6.45, 7) is 6.49. The summed E-state index contributed by atoms with van der Waals surface area (Å²) in [6.07, 6.45) is 4.31. The molecule has 2 nitrogen and oxygen atoms in total. The van der Waals surface area contributed by atoms with E-state index in [0.29, 0.717) is 0 Å². The van der Waals surface area contributed by atoms with Gasteiger partial charge >= 0.3 is 0 Å². The molecule has 0 aliphatic carbocycles. The molecule has 2 heterocycles. The zero-order valence-electron chi connectivity index (χ0n) is 12.9. The molecular weight excluding hydrogens is 444 g/mol. The molecule has 2 rings (SSSR count). The number of hydrogen-bond donors (Lipinski definition) is 0. The van der Waals surface area contributed by atoms with Crippen LogP contribution in [0.5, 0.6) is 0 Å². The number of nitrogens with zero attached hydrogens (tertiary/aromatic N) is 2. The highest BCUT2D eigenvalue weighted by atomic mass is 79.9. The third-order valence-electron chi connectivity index (χ3n) is 3.25. The van der Waals surface area contributed by atoms with Crippen LogP contribution in [0.3, 0.4) is 0 Å². The van der Waals surface area contributed by atoms with Gasteiger partial charge in [0.15, 0.2) is 36.9 Å². The molecule has 0 fully saturated rings. The Kier molecular flexibility index (Phi) is 12.4. The average molecular weight is 466 g/mol. The second-order valence-corrected chi connectivity index (χ2v) is 7.42. The van der Waals surface area contributed by atoms with Crippen molar-refractivity contribution in [3.63, 3.8) is 0 Å². The molecule has 0 spiro atoms. The first kappa shape index (κ1) is 22.0. The number of pyridine rings is 2. The monoisotopic (exact) mass is 464 g/mol. The number of aryl methyl sites for hydroxylation is 4. The Labute approximate surface area is 162 Å². The fraction of sp³-hybridized carbons (Fsp3) is 0.375. The lowest BCUT2D eigenvalue weighted by atomic mass is 10.3. The smallest absolute Gasteiger partial charge is 0.178 e. The molecule has 0 saturated carbocycles. The van der Waals surface area contributed by atoms with Crippen molar-refractivity contribution >= 4 is 21.6 Å². The maximum atomic E-state index is 2.31. The summed E-state index contributed by atoms with van der Waals surface area (Å²) in [5.74, 6) is 2.30. The molecule has 122 valence electrons. The lowest BCUT2D eigenvalue weighted by molar-refractivity contribution is -0.698. The minimum atomic E-state index is 0. The van der Waals surface area contributed by atoms with Crippen molar-refractivity contribution in [2.75, 3.05) is 11.5 Å². The van der Waals surface area contributed by atoms with Crippen LogP contribution in [0.25, 0.3) is 0 Å². The topological polar surface area (TPSA) is 7.76 Å². The second kappa shape index (κ2) is 12.4. The lowest BCUT2D eigenvalue weighted by Gasteiger charge is -2.01. The normalized spacial score (nSPS) is 9.73. The molecule has 0 bridgehead atoms. The number of hydrogen-bond acceptors (Lipinski definition) is 2. The first-order valence-electron chi connectivity index (χ1n) is 6.92.